The first-order chi connectivity index (χ1) is 7.43. The Bertz CT molecular complexity index is 291. The predicted octanol–water partition coefficient (Wildman–Crippen LogP) is 2.95. The monoisotopic (exact) mass is 203 g/mol. The molecule has 1 aromatic carbocycles. The van der Waals surface area contributed by atoms with Gasteiger partial charge in [0, 0.05) is 0 Å². The van der Waals surface area contributed by atoms with E-state index in [0.717, 1.165) is 19.3 Å². The molecule has 1 rings (SSSR count). The average Bonchev–Trinajstić information content (AvgIpc) is 2.29. The molecule has 2 nitrogen and oxygen atoms in total. The van der Waals surface area contributed by atoms with Gasteiger partial charge >= 0.3 is 6.47 Å². The highest BCUT2D eigenvalue weighted by Gasteiger charge is 1.87. The second-order valence-corrected chi connectivity index (χ2v) is 3.24. The summed E-state index contributed by atoms with van der Waals surface area (Å²) in [5, 5.41) is 0. The third-order valence-corrected chi connectivity index (χ3v) is 2.04. The zero-order chi connectivity index (χ0) is 10.8. The molecule has 0 aliphatic heterocycles. The number of ether oxygens (including phenoxy) is 1. The van der Waals surface area contributed by atoms with Crippen molar-refractivity contribution in [3.63, 3.8) is 0 Å². The molecule has 0 saturated carbocycles. The molecule has 0 heterocycles. The minimum atomic E-state index is 0.475. The third-order valence-electron chi connectivity index (χ3n) is 2.04. The molecule has 0 fully saturated rings. The van der Waals surface area contributed by atoms with Crippen LogP contribution in [0.4, 0.5) is 0 Å². The van der Waals surface area contributed by atoms with E-state index in [1.165, 1.54) is 12.0 Å². The molecule has 1 aromatic rings. The van der Waals surface area contributed by atoms with Gasteiger partial charge in [0.2, 0.25) is 0 Å². The first-order valence-electron chi connectivity index (χ1n) is 5.14. The van der Waals surface area contributed by atoms with E-state index in [2.05, 4.69) is 29.0 Å². The topological polar surface area (TPSA) is 26.3 Å². The number of hydrogen-bond acceptors (Lipinski definition) is 2. The highest BCUT2D eigenvalue weighted by Crippen LogP contribution is 2.04. The molecule has 0 unspecified atom stereocenters. The second-order valence-electron chi connectivity index (χ2n) is 3.24. The van der Waals surface area contributed by atoms with Crippen LogP contribution in [0.3, 0.4) is 0 Å². The van der Waals surface area contributed by atoms with Crippen LogP contribution >= 0.6 is 0 Å². The Morgan fingerprint density at radius 3 is 2.73 bits per heavy atom. The third kappa shape index (κ3) is 5.68. The normalized spacial score (nSPS) is 10.4. The smallest absolute Gasteiger partial charge is 0.417 e. The molecule has 0 bridgehead atoms. The van der Waals surface area contributed by atoms with Gasteiger partial charge in [-0.05, 0) is 24.8 Å². The summed E-state index contributed by atoms with van der Waals surface area (Å²) in [5.41, 5.74) is 1.22. The van der Waals surface area contributed by atoms with Crippen molar-refractivity contribution >= 4 is 12.5 Å². The fraction of sp³-hybridized carbons (Fsp3) is 0.308. The molecule has 1 radical (unpaired) electrons. The Balaban J connectivity index is 2.10. The van der Waals surface area contributed by atoms with Crippen LogP contribution in [-0.2, 0) is 9.53 Å². The average molecular weight is 203 g/mol. The van der Waals surface area contributed by atoms with E-state index in [4.69, 9.17) is 0 Å². The zero-order valence-corrected chi connectivity index (χ0v) is 8.69. The van der Waals surface area contributed by atoms with Crippen LogP contribution in [0.5, 0.6) is 0 Å². The van der Waals surface area contributed by atoms with Crippen molar-refractivity contribution in [1.82, 2.24) is 0 Å². The summed E-state index contributed by atoms with van der Waals surface area (Å²) in [4.78, 5) is 9.72. The van der Waals surface area contributed by atoms with Gasteiger partial charge in [0.1, 0.15) is 0 Å². The van der Waals surface area contributed by atoms with Crippen molar-refractivity contribution in [2.24, 2.45) is 0 Å². The second kappa shape index (κ2) is 7.80. The number of allylic oxidation sites excluding steroid dienone is 1. The number of unbranched alkanes of at least 4 members (excludes halogenated alkanes) is 2. The molecule has 0 atom stereocenters. The van der Waals surface area contributed by atoms with E-state index in [-0.39, 0.29) is 0 Å². The van der Waals surface area contributed by atoms with Crippen LogP contribution in [0.2, 0.25) is 0 Å². The summed E-state index contributed by atoms with van der Waals surface area (Å²) >= 11 is 0. The van der Waals surface area contributed by atoms with E-state index >= 15 is 0 Å². The van der Waals surface area contributed by atoms with Crippen molar-refractivity contribution in [2.45, 2.75) is 19.3 Å². The lowest BCUT2D eigenvalue weighted by Crippen LogP contribution is -1.90. The molecule has 0 aliphatic carbocycles. The van der Waals surface area contributed by atoms with Crippen molar-refractivity contribution in [3.05, 3.63) is 42.0 Å². The zero-order valence-electron chi connectivity index (χ0n) is 8.69. The maximum Gasteiger partial charge on any atom is 0.417 e. The lowest BCUT2D eigenvalue weighted by Gasteiger charge is -1.95. The fourth-order valence-electron chi connectivity index (χ4n) is 1.26. The van der Waals surface area contributed by atoms with E-state index in [1.54, 1.807) is 0 Å². The summed E-state index contributed by atoms with van der Waals surface area (Å²) in [6.45, 7) is 1.89. The summed E-state index contributed by atoms with van der Waals surface area (Å²) in [5.74, 6) is 0. The van der Waals surface area contributed by atoms with E-state index in [1.807, 2.05) is 18.2 Å². The Labute approximate surface area is 90.6 Å². The van der Waals surface area contributed by atoms with Gasteiger partial charge in [0.15, 0.2) is 0 Å². The Hall–Kier alpha value is -1.57. The van der Waals surface area contributed by atoms with Gasteiger partial charge in [-0.25, -0.2) is 4.79 Å². The first kappa shape index (κ1) is 11.5. The fourth-order valence-corrected chi connectivity index (χ4v) is 1.26. The molecule has 79 valence electrons. The largest absolute Gasteiger partial charge is 0.457 e. The highest BCUT2D eigenvalue weighted by atomic mass is 16.5. The Kier molecular flexibility index (Phi) is 5.98. The molecule has 15 heavy (non-hydrogen) atoms. The maximum absolute atomic E-state index is 9.72. The molecule has 2 heteroatoms. The van der Waals surface area contributed by atoms with Crippen molar-refractivity contribution in [3.8, 4) is 0 Å². The van der Waals surface area contributed by atoms with Crippen LogP contribution in [0.25, 0.3) is 6.08 Å². The van der Waals surface area contributed by atoms with Crippen molar-refractivity contribution < 1.29 is 9.53 Å². The quantitative estimate of drug-likeness (QED) is 0.637. The molecule has 0 amide bonds. The van der Waals surface area contributed by atoms with Crippen LogP contribution in [0.15, 0.2) is 36.4 Å². The maximum atomic E-state index is 9.72. The molecule has 0 N–H and O–H groups in total. The van der Waals surface area contributed by atoms with Crippen molar-refractivity contribution in [1.29, 1.82) is 0 Å². The van der Waals surface area contributed by atoms with Crippen LogP contribution in [-0.4, -0.2) is 13.1 Å². The van der Waals surface area contributed by atoms with Gasteiger partial charge in [0.05, 0.1) is 6.61 Å². The van der Waals surface area contributed by atoms with Crippen LogP contribution in [0, 0.1) is 0 Å². The van der Waals surface area contributed by atoms with Crippen LogP contribution < -0.4 is 0 Å². The summed E-state index contributed by atoms with van der Waals surface area (Å²) in [7, 11) is 0. The first-order valence-corrected chi connectivity index (χ1v) is 5.14. The van der Waals surface area contributed by atoms with E-state index in [9.17, 15) is 4.79 Å². The van der Waals surface area contributed by atoms with Crippen molar-refractivity contribution in [2.75, 3.05) is 6.61 Å². The summed E-state index contributed by atoms with van der Waals surface area (Å²) in [6, 6.07) is 10.2. The Morgan fingerprint density at radius 2 is 2.00 bits per heavy atom. The molecule has 0 saturated heterocycles. The number of benzene rings is 1. The van der Waals surface area contributed by atoms with Gasteiger partial charge in [-0.2, -0.15) is 0 Å². The number of hydrogen-bond donors (Lipinski definition) is 0. The van der Waals surface area contributed by atoms with Gasteiger partial charge in [-0.15, -0.1) is 0 Å². The summed E-state index contributed by atoms with van der Waals surface area (Å²) < 4.78 is 4.47. The standard InChI is InChI=1S/C13H15O2/c14-12-15-11-7-2-1-4-8-13-9-5-3-6-10-13/h3-6,8-10H,1-2,7,11H2/b8-4+. The predicted molar refractivity (Wildman–Crippen MR) is 61.0 cm³/mol. The molecular formula is C13H15O2. The minimum Gasteiger partial charge on any atom is -0.457 e. The molecule has 0 aromatic heterocycles. The van der Waals surface area contributed by atoms with Crippen LogP contribution in [0.1, 0.15) is 24.8 Å². The summed E-state index contributed by atoms with van der Waals surface area (Å²) in [6.07, 6.45) is 7.18. The van der Waals surface area contributed by atoms with E-state index in [0.29, 0.717) is 6.61 Å². The molecular weight excluding hydrogens is 188 g/mol. The van der Waals surface area contributed by atoms with Gasteiger partial charge < -0.3 is 4.74 Å². The molecule has 0 spiro atoms. The lowest BCUT2D eigenvalue weighted by atomic mass is 10.2. The lowest BCUT2D eigenvalue weighted by molar-refractivity contribution is 0.270. The highest BCUT2D eigenvalue weighted by molar-refractivity contribution is 5.48. The van der Waals surface area contributed by atoms with Gasteiger partial charge in [0.25, 0.3) is 0 Å². The number of rotatable bonds is 7. The SMILES string of the molecule is O=[C]OCCCC/C=C/c1ccccc1. The van der Waals surface area contributed by atoms with Gasteiger partial charge in [-0.1, -0.05) is 42.5 Å². The van der Waals surface area contributed by atoms with E-state index < -0.39 is 0 Å². The minimum absolute atomic E-state index is 0.475. The number of carbonyl (C=O) groups excluding carboxylic acids is 1. The Morgan fingerprint density at radius 1 is 1.20 bits per heavy atom. The van der Waals surface area contributed by atoms with Gasteiger partial charge in [-0.3, -0.25) is 0 Å². The molecule has 0 aliphatic rings.